The lowest BCUT2D eigenvalue weighted by Gasteiger charge is -2.08. The summed E-state index contributed by atoms with van der Waals surface area (Å²) in [7, 11) is 0. The molecule has 0 aliphatic carbocycles. The Morgan fingerprint density at radius 3 is 2.11 bits per heavy atom. The molecule has 0 spiro atoms. The van der Waals surface area contributed by atoms with E-state index in [9.17, 15) is 0 Å². The first-order chi connectivity index (χ1) is 9.24. The highest BCUT2D eigenvalue weighted by atomic mass is 32.1. The van der Waals surface area contributed by atoms with Crippen molar-refractivity contribution in [3.63, 3.8) is 0 Å². The second-order valence-corrected chi connectivity index (χ2v) is 6.07. The molecule has 1 rings (SSSR count). The quantitative estimate of drug-likeness (QED) is 0.365. The average Bonchev–Trinajstić information content (AvgIpc) is 2.41. The molecule has 0 unspecified atom stereocenters. The first-order valence-corrected chi connectivity index (χ1v) is 8.39. The fourth-order valence-corrected chi connectivity index (χ4v) is 2.48. The van der Waals surface area contributed by atoms with Crippen molar-refractivity contribution in [2.75, 3.05) is 11.9 Å². The van der Waals surface area contributed by atoms with Crippen LogP contribution in [-0.4, -0.2) is 6.54 Å². The van der Waals surface area contributed by atoms with E-state index in [2.05, 4.69) is 43.6 Å². The van der Waals surface area contributed by atoms with Crippen molar-refractivity contribution in [1.82, 2.24) is 0 Å². The minimum absolute atomic E-state index is 0.931. The van der Waals surface area contributed by atoms with E-state index in [1.165, 1.54) is 51.4 Å². The summed E-state index contributed by atoms with van der Waals surface area (Å²) < 4.78 is 0. The maximum Gasteiger partial charge on any atom is 0.0352 e. The molecule has 19 heavy (non-hydrogen) atoms. The molecular weight excluding hydrogens is 270 g/mol. The van der Waals surface area contributed by atoms with Crippen molar-refractivity contribution in [1.29, 1.82) is 0 Å². The summed E-state index contributed by atoms with van der Waals surface area (Å²) in [5, 5.41) is 3.44. The topological polar surface area (TPSA) is 12.0 Å². The minimum atomic E-state index is 0.931. The molecule has 0 aliphatic heterocycles. The fraction of sp³-hybridized carbons (Fsp3) is 0.625. The predicted octanol–water partition coefficient (Wildman–Crippen LogP) is 5.82. The molecule has 0 aromatic heterocycles. The molecule has 1 nitrogen and oxygen atoms in total. The number of hydrogen-bond donors (Lipinski definition) is 3. The minimum Gasteiger partial charge on any atom is -0.385 e. The SMILES string of the molecule is CCCCCCCCCCNc1ccc(S)c(S)c1. The number of unbranched alkanes of at least 4 members (excludes halogenated alkanes) is 7. The molecular formula is C16H27NS2. The van der Waals surface area contributed by atoms with Gasteiger partial charge in [0.1, 0.15) is 0 Å². The largest absolute Gasteiger partial charge is 0.385 e. The zero-order valence-corrected chi connectivity index (χ0v) is 13.8. The van der Waals surface area contributed by atoms with Gasteiger partial charge in [-0.25, -0.2) is 0 Å². The highest BCUT2D eigenvalue weighted by Gasteiger charge is 1.97. The Bertz CT molecular complexity index is 353. The van der Waals surface area contributed by atoms with Crippen LogP contribution in [0.1, 0.15) is 58.3 Å². The lowest BCUT2D eigenvalue weighted by molar-refractivity contribution is 0.581. The van der Waals surface area contributed by atoms with Gasteiger partial charge < -0.3 is 5.32 Å². The maximum atomic E-state index is 4.37. The van der Waals surface area contributed by atoms with Crippen LogP contribution in [0.5, 0.6) is 0 Å². The maximum absolute atomic E-state index is 4.37. The molecule has 0 radical (unpaired) electrons. The van der Waals surface area contributed by atoms with E-state index in [4.69, 9.17) is 0 Å². The summed E-state index contributed by atoms with van der Waals surface area (Å²) >= 11 is 8.68. The molecule has 0 fully saturated rings. The first-order valence-electron chi connectivity index (χ1n) is 7.50. The van der Waals surface area contributed by atoms with Gasteiger partial charge in [0.05, 0.1) is 0 Å². The van der Waals surface area contributed by atoms with Crippen LogP contribution in [0.3, 0.4) is 0 Å². The number of nitrogens with one attached hydrogen (secondary N) is 1. The van der Waals surface area contributed by atoms with Gasteiger partial charge in [0.25, 0.3) is 0 Å². The standard InChI is InChI=1S/C16H27NS2/c1-2-3-4-5-6-7-8-9-12-17-14-10-11-15(18)16(19)13-14/h10-11,13,17-19H,2-9,12H2,1H3. The predicted molar refractivity (Wildman–Crippen MR) is 92.0 cm³/mol. The molecule has 0 saturated carbocycles. The number of hydrogen-bond acceptors (Lipinski definition) is 3. The lowest BCUT2D eigenvalue weighted by atomic mass is 10.1. The molecule has 1 N–H and O–H groups in total. The van der Waals surface area contributed by atoms with Gasteiger partial charge in [-0.15, -0.1) is 25.3 Å². The molecule has 0 aliphatic rings. The van der Waals surface area contributed by atoms with E-state index >= 15 is 0 Å². The molecule has 0 heterocycles. The fourth-order valence-electron chi connectivity index (χ4n) is 2.13. The van der Waals surface area contributed by atoms with Gasteiger partial charge in [0.15, 0.2) is 0 Å². The molecule has 0 atom stereocenters. The van der Waals surface area contributed by atoms with Crippen LogP contribution in [0.4, 0.5) is 5.69 Å². The highest BCUT2D eigenvalue weighted by Crippen LogP contribution is 2.22. The summed E-state index contributed by atoms with van der Waals surface area (Å²) in [4.78, 5) is 1.87. The third-order valence-corrected chi connectivity index (χ3v) is 4.27. The van der Waals surface area contributed by atoms with Crippen LogP contribution < -0.4 is 5.32 Å². The van der Waals surface area contributed by atoms with Crippen molar-refractivity contribution in [3.05, 3.63) is 18.2 Å². The van der Waals surface area contributed by atoms with Gasteiger partial charge in [-0.3, -0.25) is 0 Å². The summed E-state index contributed by atoms with van der Waals surface area (Å²) in [5.41, 5.74) is 1.14. The van der Waals surface area contributed by atoms with E-state index in [1.54, 1.807) is 0 Å². The van der Waals surface area contributed by atoms with Crippen molar-refractivity contribution < 1.29 is 0 Å². The molecule has 1 aromatic carbocycles. The Labute approximate surface area is 129 Å². The van der Waals surface area contributed by atoms with E-state index in [0.29, 0.717) is 0 Å². The van der Waals surface area contributed by atoms with Gasteiger partial charge in [0, 0.05) is 22.0 Å². The normalized spacial score (nSPS) is 10.7. The smallest absolute Gasteiger partial charge is 0.0352 e. The monoisotopic (exact) mass is 297 g/mol. The number of thiol groups is 2. The Morgan fingerprint density at radius 1 is 0.842 bits per heavy atom. The number of benzene rings is 1. The van der Waals surface area contributed by atoms with Crippen LogP contribution in [0.15, 0.2) is 28.0 Å². The molecule has 0 saturated heterocycles. The van der Waals surface area contributed by atoms with Crippen molar-refractivity contribution in [2.24, 2.45) is 0 Å². The third-order valence-electron chi connectivity index (χ3n) is 3.33. The Hall–Kier alpha value is -0.280. The van der Waals surface area contributed by atoms with Crippen LogP contribution in [0, 0.1) is 0 Å². The molecule has 0 amide bonds. The second kappa shape index (κ2) is 10.5. The zero-order valence-electron chi connectivity index (χ0n) is 12.0. The van der Waals surface area contributed by atoms with Crippen molar-refractivity contribution in [3.8, 4) is 0 Å². The van der Waals surface area contributed by atoms with Gasteiger partial charge in [-0.1, -0.05) is 51.9 Å². The van der Waals surface area contributed by atoms with Crippen molar-refractivity contribution in [2.45, 2.75) is 68.1 Å². The Balaban J connectivity index is 2.00. The van der Waals surface area contributed by atoms with Crippen LogP contribution in [-0.2, 0) is 0 Å². The summed E-state index contributed by atoms with van der Waals surface area (Å²) in [6, 6.07) is 6.09. The van der Waals surface area contributed by atoms with Gasteiger partial charge >= 0.3 is 0 Å². The van der Waals surface area contributed by atoms with E-state index in [-0.39, 0.29) is 0 Å². The van der Waals surface area contributed by atoms with E-state index < -0.39 is 0 Å². The highest BCUT2D eigenvalue weighted by molar-refractivity contribution is 7.83. The number of rotatable bonds is 10. The summed E-state index contributed by atoms with van der Waals surface area (Å²) in [6.07, 6.45) is 10.9. The summed E-state index contributed by atoms with van der Waals surface area (Å²) in [6.45, 7) is 3.32. The molecule has 0 bridgehead atoms. The Morgan fingerprint density at radius 2 is 1.47 bits per heavy atom. The van der Waals surface area contributed by atoms with E-state index in [0.717, 1.165) is 22.0 Å². The Kier molecular flexibility index (Phi) is 9.27. The van der Waals surface area contributed by atoms with Gasteiger partial charge in [-0.05, 0) is 24.6 Å². The van der Waals surface area contributed by atoms with Gasteiger partial charge in [0.2, 0.25) is 0 Å². The van der Waals surface area contributed by atoms with Crippen LogP contribution in [0.25, 0.3) is 0 Å². The molecule has 3 heteroatoms. The van der Waals surface area contributed by atoms with Gasteiger partial charge in [-0.2, -0.15) is 0 Å². The van der Waals surface area contributed by atoms with Crippen molar-refractivity contribution >= 4 is 30.9 Å². The average molecular weight is 298 g/mol. The second-order valence-electron chi connectivity index (χ2n) is 5.11. The zero-order chi connectivity index (χ0) is 13.9. The summed E-state index contributed by atoms with van der Waals surface area (Å²) in [5.74, 6) is 0. The van der Waals surface area contributed by atoms with Crippen LogP contribution in [0.2, 0.25) is 0 Å². The number of anilines is 1. The molecule has 108 valence electrons. The van der Waals surface area contributed by atoms with E-state index in [1.807, 2.05) is 12.1 Å². The first kappa shape index (κ1) is 16.8. The lowest BCUT2D eigenvalue weighted by Crippen LogP contribution is -2.01. The molecule has 1 aromatic rings. The van der Waals surface area contributed by atoms with Crippen LogP contribution >= 0.6 is 25.3 Å². The third kappa shape index (κ3) is 7.78.